The summed E-state index contributed by atoms with van der Waals surface area (Å²) < 4.78 is 5.07. The van der Waals surface area contributed by atoms with Crippen LogP contribution in [0, 0.1) is 0 Å². The quantitative estimate of drug-likeness (QED) is 0.689. The first-order chi connectivity index (χ1) is 15.5. The smallest absolute Gasteiger partial charge is 0.409 e. The van der Waals surface area contributed by atoms with Crippen LogP contribution in [-0.2, 0) is 9.53 Å². The number of rotatable bonds is 5. The van der Waals surface area contributed by atoms with Gasteiger partial charge in [-0.2, -0.15) is 5.10 Å². The second kappa shape index (κ2) is 10.1. The number of halogens is 1. The molecule has 0 aliphatic carbocycles. The van der Waals surface area contributed by atoms with E-state index in [0.29, 0.717) is 44.2 Å². The normalized spacial score (nSPS) is 19.1. The van der Waals surface area contributed by atoms with Crippen LogP contribution in [-0.4, -0.2) is 71.9 Å². The van der Waals surface area contributed by atoms with Crippen LogP contribution < -0.4 is 0 Å². The number of piperazine rings is 1. The van der Waals surface area contributed by atoms with Crippen LogP contribution in [0.1, 0.15) is 30.5 Å². The minimum Gasteiger partial charge on any atom is -0.450 e. The van der Waals surface area contributed by atoms with Crippen LogP contribution >= 0.6 is 11.6 Å². The molecular weight excluding hydrogens is 428 g/mol. The molecule has 1 atom stereocenters. The molecule has 0 aromatic heterocycles. The summed E-state index contributed by atoms with van der Waals surface area (Å²) in [5.74, 6) is -0.0551. The fraction of sp³-hybridized carbons (Fsp3) is 0.375. The molecule has 0 unspecified atom stereocenters. The van der Waals surface area contributed by atoms with E-state index in [2.05, 4.69) is 4.90 Å². The highest BCUT2D eigenvalue weighted by atomic mass is 35.5. The summed E-state index contributed by atoms with van der Waals surface area (Å²) in [6.45, 7) is 4.76. The van der Waals surface area contributed by atoms with E-state index in [1.807, 2.05) is 54.6 Å². The first-order valence-electron chi connectivity index (χ1n) is 10.9. The Morgan fingerprint density at radius 3 is 2.38 bits per heavy atom. The largest absolute Gasteiger partial charge is 0.450 e. The second-order valence-electron chi connectivity index (χ2n) is 7.88. The maximum atomic E-state index is 13.3. The molecule has 2 amide bonds. The summed E-state index contributed by atoms with van der Waals surface area (Å²) in [5, 5.41) is 7.00. The predicted octanol–water partition coefficient (Wildman–Crippen LogP) is 3.79. The van der Waals surface area contributed by atoms with Gasteiger partial charge in [-0.25, -0.2) is 9.80 Å². The molecule has 168 valence electrons. The van der Waals surface area contributed by atoms with Crippen LogP contribution in [0.25, 0.3) is 0 Å². The zero-order chi connectivity index (χ0) is 22.5. The number of hydrazone groups is 1. The third kappa shape index (κ3) is 5.11. The molecular formula is C24H27ClN4O3. The molecule has 1 saturated heterocycles. The van der Waals surface area contributed by atoms with E-state index >= 15 is 0 Å². The average molecular weight is 455 g/mol. The summed E-state index contributed by atoms with van der Waals surface area (Å²) in [6, 6.07) is 17.4. The van der Waals surface area contributed by atoms with Gasteiger partial charge in [-0.3, -0.25) is 9.69 Å². The Morgan fingerprint density at radius 2 is 1.72 bits per heavy atom. The molecule has 4 rings (SSSR count). The van der Waals surface area contributed by atoms with Gasteiger partial charge in [0.2, 0.25) is 0 Å². The Bertz CT molecular complexity index is 972. The van der Waals surface area contributed by atoms with Gasteiger partial charge < -0.3 is 9.64 Å². The highest BCUT2D eigenvalue weighted by molar-refractivity contribution is 6.30. The van der Waals surface area contributed by atoms with Crippen molar-refractivity contribution >= 4 is 29.3 Å². The van der Waals surface area contributed by atoms with E-state index in [4.69, 9.17) is 21.4 Å². The third-order valence-corrected chi connectivity index (χ3v) is 6.04. The van der Waals surface area contributed by atoms with Crippen LogP contribution in [0.15, 0.2) is 59.7 Å². The lowest BCUT2D eigenvalue weighted by atomic mass is 9.98. The highest BCUT2D eigenvalue weighted by Crippen LogP contribution is 2.33. The number of hydrogen-bond acceptors (Lipinski definition) is 5. The molecule has 2 heterocycles. The fourth-order valence-corrected chi connectivity index (χ4v) is 4.18. The predicted molar refractivity (Wildman–Crippen MR) is 124 cm³/mol. The van der Waals surface area contributed by atoms with Crippen LogP contribution in [0.3, 0.4) is 0 Å². The Morgan fingerprint density at radius 1 is 1.03 bits per heavy atom. The van der Waals surface area contributed by atoms with Gasteiger partial charge in [0.1, 0.15) is 0 Å². The molecule has 7 nitrogen and oxygen atoms in total. The van der Waals surface area contributed by atoms with Crippen molar-refractivity contribution in [1.29, 1.82) is 0 Å². The van der Waals surface area contributed by atoms with E-state index in [1.165, 1.54) is 0 Å². The molecule has 2 aromatic rings. The van der Waals surface area contributed by atoms with Crippen molar-refractivity contribution in [1.82, 2.24) is 14.8 Å². The molecule has 0 saturated carbocycles. The fourth-order valence-electron chi connectivity index (χ4n) is 4.06. The van der Waals surface area contributed by atoms with Crippen molar-refractivity contribution in [3.63, 3.8) is 0 Å². The molecule has 2 aliphatic rings. The van der Waals surface area contributed by atoms with Crippen molar-refractivity contribution in [3.05, 3.63) is 70.7 Å². The molecule has 0 radical (unpaired) electrons. The van der Waals surface area contributed by atoms with Gasteiger partial charge >= 0.3 is 6.09 Å². The number of carbonyl (C=O) groups is 2. The second-order valence-corrected chi connectivity index (χ2v) is 8.32. The lowest BCUT2D eigenvalue weighted by Gasteiger charge is -2.34. The number of hydrogen-bond donors (Lipinski definition) is 0. The minimum atomic E-state index is -0.294. The molecule has 2 aliphatic heterocycles. The van der Waals surface area contributed by atoms with Crippen molar-refractivity contribution in [2.75, 3.05) is 39.3 Å². The zero-order valence-electron chi connectivity index (χ0n) is 18.1. The molecule has 0 spiro atoms. The number of benzene rings is 2. The van der Waals surface area contributed by atoms with E-state index < -0.39 is 0 Å². The number of ether oxygens (including phenoxy) is 1. The lowest BCUT2D eigenvalue weighted by molar-refractivity contribution is -0.134. The number of amides is 2. The number of carbonyl (C=O) groups excluding carboxylic acids is 2. The van der Waals surface area contributed by atoms with Crippen LogP contribution in [0.4, 0.5) is 4.79 Å². The van der Waals surface area contributed by atoms with Gasteiger partial charge in [-0.05, 0) is 30.2 Å². The van der Waals surface area contributed by atoms with Gasteiger partial charge in [0.05, 0.1) is 24.9 Å². The van der Waals surface area contributed by atoms with E-state index in [0.717, 1.165) is 16.8 Å². The summed E-state index contributed by atoms with van der Waals surface area (Å²) in [6.07, 6.45) is 0.353. The summed E-state index contributed by atoms with van der Waals surface area (Å²) in [7, 11) is 0. The summed E-state index contributed by atoms with van der Waals surface area (Å²) >= 11 is 6.07. The maximum Gasteiger partial charge on any atom is 0.409 e. The minimum absolute atomic E-state index is 0.0551. The first-order valence-corrected chi connectivity index (χ1v) is 11.3. The van der Waals surface area contributed by atoms with Gasteiger partial charge in [0.25, 0.3) is 5.91 Å². The van der Waals surface area contributed by atoms with E-state index in [1.54, 1.807) is 16.8 Å². The van der Waals surface area contributed by atoms with Crippen molar-refractivity contribution < 1.29 is 14.3 Å². The topological polar surface area (TPSA) is 65.5 Å². The van der Waals surface area contributed by atoms with Crippen molar-refractivity contribution in [3.8, 4) is 0 Å². The van der Waals surface area contributed by atoms with Gasteiger partial charge in [0, 0.05) is 37.6 Å². The number of nitrogens with zero attached hydrogens (tertiary/aromatic N) is 4. The Hall–Kier alpha value is -2.90. The monoisotopic (exact) mass is 454 g/mol. The van der Waals surface area contributed by atoms with Gasteiger partial charge in [0.15, 0.2) is 0 Å². The third-order valence-electron chi connectivity index (χ3n) is 5.78. The first kappa shape index (κ1) is 22.3. The maximum absolute atomic E-state index is 13.3. The Labute approximate surface area is 193 Å². The van der Waals surface area contributed by atoms with Gasteiger partial charge in [-0.15, -0.1) is 0 Å². The SMILES string of the molecule is CCOC(=O)N1CCN(CC(=O)N2N=C(c3ccccc3)C[C@@H]2c2ccc(Cl)cc2)CC1. The molecule has 0 bridgehead atoms. The van der Waals surface area contributed by atoms with Gasteiger partial charge in [-0.1, -0.05) is 54.1 Å². The standard InChI is InChI=1S/C24H27ClN4O3/c1-2-32-24(31)28-14-12-27(13-15-28)17-23(30)29-22(19-8-10-20(25)11-9-19)16-21(26-29)18-6-4-3-5-7-18/h3-11,22H,2,12-17H2,1H3/t22-/m1/s1. The Kier molecular flexibility index (Phi) is 7.07. The van der Waals surface area contributed by atoms with E-state index in [9.17, 15) is 9.59 Å². The van der Waals surface area contributed by atoms with Crippen LogP contribution in [0.5, 0.6) is 0 Å². The molecule has 1 fully saturated rings. The van der Waals surface area contributed by atoms with Crippen molar-refractivity contribution in [2.24, 2.45) is 5.10 Å². The average Bonchev–Trinajstić information content (AvgIpc) is 3.26. The molecule has 8 heteroatoms. The molecule has 2 aromatic carbocycles. The summed E-state index contributed by atoms with van der Waals surface area (Å²) in [4.78, 5) is 29.0. The molecule has 0 N–H and O–H groups in total. The zero-order valence-corrected chi connectivity index (χ0v) is 18.9. The Balaban J connectivity index is 1.47. The highest BCUT2D eigenvalue weighted by Gasteiger charge is 2.34. The lowest BCUT2D eigenvalue weighted by Crippen LogP contribution is -2.51. The van der Waals surface area contributed by atoms with Crippen LogP contribution in [0.2, 0.25) is 5.02 Å². The summed E-state index contributed by atoms with van der Waals surface area (Å²) in [5.41, 5.74) is 2.92. The molecule has 32 heavy (non-hydrogen) atoms. The van der Waals surface area contributed by atoms with E-state index in [-0.39, 0.29) is 24.6 Å². The van der Waals surface area contributed by atoms with Crippen molar-refractivity contribution in [2.45, 2.75) is 19.4 Å².